The Labute approximate surface area is 120 Å². The molecule has 1 heterocycles. The second kappa shape index (κ2) is 5.49. The van der Waals surface area contributed by atoms with Crippen molar-refractivity contribution in [3.63, 3.8) is 0 Å². The molecule has 96 valence electrons. The zero-order valence-corrected chi connectivity index (χ0v) is 11.8. The molecular weight excluding hydrogens is 295 g/mol. The lowest BCUT2D eigenvalue weighted by molar-refractivity contribution is 0.168. The van der Waals surface area contributed by atoms with Crippen molar-refractivity contribution in [1.29, 1.82) is 0 Å². The van der Waals surface area contributed by atoms with Crippen LogP contribution in [0.2, 0.25) is 15.1 Å². The molecule has 0 aliphatic carbocycles. The number of rotatable bonds is 3. The van der Waals surface area contributed by atoms with Crippen LogP contribution in [0.15, 0.2) is 24.4 Å². The molecule has 3 nitrogen and oxygen atoms in total. The molecule has 0 saturated heterocycles. The Hall–Kier alpha value is -0.740. The molecule has 0 spiro atoms. The lowest BCUT2D eigenvalue weighted by Crippen LogP contribution is -2.09. The van der Waals surface area contributed by atoms with E-state index in [2.05, 4.69) is 5.10 Å². The highest BCUT2D eigenvalue weighted by atomic mass is 35.5. The zero-order chi connectivity index (χ0) is 13.3. The van der Waals surface area contributed by atoms with Gasteiger partial charge >= 0.3 is 0 Å². The van der Waals surface area contributed by atoms with Gasteiger partial charge in [-0.2, -0.15) is 5.10 Å². The van der Waals surface area contributed by atoms with Gasteiger partial charge < -0.3 is 5.11 Å². The molecule has 1 aromatic carbocycles. The van der Waals surface area contributed by atoms with Gasteiger partial charge in [0.05, 0.1) is 16.9 Å². The van der Waals surface area contributed by atoms with E-state index in [1.165, 1.54) is 10.9 Å². The first kappa shape index (κ1) is 13.7. The van der Waals surface area contributed by atoms with E-state index in [0.29, 0.717) is 26.3 Å². The molecule has 0 saturated carbocycles. The third-order valence-electron chi connectivity index (χ3n) is 2.71. The zero-order valence-electron chi connectivity index (χ0n) is 9.57. The van der Waals surface area contributed by atoms with Crippen LogP contribution in [-0.2, 0) is 13.5 Å². The molecule has 2 rings (SSSR count). The molecule has 0 fully saturated rings. The summed E-state index contributed by atoms with van der Waals surface area (Å²) in [7, 11) is 1.72. The maximum atomic E-state index is 10.2. The largest absolute Gasteiger partial charge is 0.386 e. The van der Waals surface area contributed by atoms with Gasteiger partial charge in [0, 0.05) is 23.5 Å². The standard InChI is InChI=1S/C12H11Cl3N2O/c1-17-12(10(15)6-16-17)11(18)5-7-8(13)3-2-4-9(7)14/h2-4,6,11,18H,5H2,1H3. The van der Waals surface area contributed by atoms with Gasteiger partial charge in [0.2, 0.25) is 0 Å². The van der Waals surface area contributed by atoms with Crippen LogP contribution in [0.5, 0.6) is 0 Å². The van der Waals surface area contributed by atoms with Crippen molar-refractivity contribution in [2.75, 3.05) is 0 Å². The SMILES string of the molecule is Cn1ncc(Cl)c1C(O)Cc1c(Cl)cccc1Cl. The van der Waals surface area contributed by atoms with E-state index in [9.17, 15) is 5.11 Å². The maximum Gasteiger partial charge on any atom is 0.101 e. The average Bonchev–Trinajstić information content (AvgIpc) is 2.64. The minimum atomic E-state index is -0.803. The van der Waals surface area contributed by atoms with Crippen LogP contribution in [0, 0.1) is 0 Å². The molecule has 1 aromatic heterocycles. The lowest BCUT2D eigenvalue weighted by Gasteiger charge is -2.14. The predicted molar refractivity (Wildman–Crippen MR) is 73.3 cm³/mol. The molecule has 2 aromatic rings. The Morgan fingerprint density at radius 1 is 1.22 bits per heavy atom. The molecule has 0 aliphatic heterocycles. The van der Waals surface area contributed by atoms with Gasteiger partial charge in [0.15, 0.2) is 0 Å². The van der Waals surface area contributed by atoms with Crippen molar-refractivity contribution in [3.8, 4) is 0 Å². The monoisotopic (exact) mass is 304 g/mol. The number of aromatic nitrogens is 2. The van der Waals surface area contributed by atoms with Crippen LogP contribution in [0.3, 0.4) is 0 Å². The number of hydrogen-bond donors (Lipinski definition) is 1. The summed E-state index contributed by atoms with van der Waals surface area (Å²) < 4.78 is 1.54. The third kappa shape index (κ3) is 2.64. The highest BCUT2D eigenvalue weighted by Gasteiger charge is 2.19. The van der Waals surface area contributed by atoms with E-state index >= 15 is 0 Å². The molecule has 6 heteroatoms. The van der Waals surface area contributed by atoms with Gasteiger partial charge in [0.1, 0.15) is 6.10 Å². The fourth-order valence-corrected chi connectivity index (χ4v) is 2.66. The second-order valence-electron chi connectivity index (χ2n) is 3.92. The second-order valence-corrected chi connectivity index (χ2v) is 5.14. The van der Waals surface area contributed by atoms with Gasteiger partial charge in [-0.3, -0.25) is 4.68 Å². The van der Waals surface area contributed by atoms with Gasteiger partial charge in [0.25, 0.3) is 0 Å². The number of halogens is 3. The Morgan fingerprint density at radius 3 is 2.33 bits per heavy atom. The van der Waals surface area contributed by atoms with Crippen LogP contribution in [0.4, 0.5) is 0 Å². The van der Waals surface area contributed by atoms with E-state index in [4.69, 9.17) is 34.8 Å². The number of aryl methyl sites for hydroxylation is 1. The van der Waals surface area contributed by atoms with Crippen LogP contribution in [-0.4, -0.2) is 14.9 Å². The number of nitrogens with zero attached hydrogens (tertiary/aromatic N) is 2. The summed E-state index contributed by atoms with van der Waals surface area (Å²) in [6.07, 6.45) is 0.980. The fraction of sp³-hybridized carbons (Fsp3) is 0.250. The topological polar surface area (TPSA) is 38.0 Å². The summed E-state index contributed by atoms with van der Waals surface area (Å²) in [5, 5.41) is 15.7. The first-order chi connectivity index (χ1) is 8.50. The van der Waals surface area contributed by atoms with E-state index in [0.717, 1.165) is 0 Å². The molecule has 18 heavy (non-hydrogen) atoms. The van der Waals surface area contributed by atoms with Crippen molar-refractivity contribution in [3.05, 3.63) is 50.7 Å². The van der Waals surface area contributed by atoms with Gasteiger partial charge in [-0.25, -0.2) is 0 Å². The Balaban J connectivity index is 2.30. The summed E-state index contributed by atoms with van der Waals surface area (Å²) in [6.45, 7) is 0. The van der Waals surface area contributed by atoms with E-state index in [1.54, 1.807) is 25.2 Å². The van der Waals surface area contributed by atoms with Gasteiger partial charge in [-0.05, 0) is 17.7 Å². The smallest absolute Gasteiger partial charge is 0.101 e. The van der Waals surface area contributed by atoms with Crippen molar-refractivity contribution in [1.82, 2.24) is 9.78 Å². The number of aliphatic hydroxyl groups is 1. The predicted octanol–water partition coefficient (Wildman–Crippen LogP) is 3.66. The maximum absolute atomic E-state index is 10.2. The summed E-state index contributed by atoms with van der Waals surface area (Å²) in [6, 6.07) is 5.23. The molecular formula is C12H11Cl3N2O. The van der Waals surface area contributed by atoms with Crippen LogP contribution in [0.25, 0.3) is 0 Å². The average molecular weight is 306 g/mol. The van der Waals surface area contributed by atoms with E-state index in [1.807, 2.05) is 0 Å². The molecule has 0 aliphatic rings. The van der Waals surface area contributed by atoms with Crippen molar-refractivity contribution < 1.29 is 5.11 Å². The van der Waals surface area contributed by atoms with Crippen molar-refractivity contribution in [2.45, 2.75) is 12.5 Å². The first-order valence-electron chi connectivity index (χ1n) is 5.29. The van der Waals surface area contributed by atoms with Gasteiger partial charge in [-0.15, -0.1) is 0 Å². The van der Waals surface area contributed by atoms with Crippen LogP contribution in [0.1, 0.15) is 17.4 Å². The molecule has 1 atom stereocenters. The van der Waals surface area contributed by atoms with E-state index < -0.39 is 6.10 Å². The number of benzene rings is 1. The third-order valence-corrected chi connectivity index (χ3v) is 3.71. The van der Waals surface area contributed by atoms with E-state index in [-0.39, 0.29) is 6.42 Å². The minimum Gasteiger partial charge on any atom is -0.386 e. The number of aliphatic hydroxyl groups excluding tert-OH is 1. The lowest BCUT2D eigenvalue weighted by atomic mass is 10.1. The summed E-state index contributed by atoms with van der Waals surface area (Å²) >= 11 is 18.1. The van der Waals surface area contributed by atoms with Crippen LogP contribution < -0.4 is 0 Å². The fourth-order valence-electron chi connectivity index (χ4n) is 1.81. The first-order valence-corrected chi connectivity index (χ1v) is 6.42. The summed E-state index contributed by atoms with van der Waals surface area (Å²) in [5.74, 6) is 0. The highest BCUT2D eigenvalue weighted by molar-refractivity contribution is 6.36. The molecule has 1 N–H and O–H groups in total. The van der Waals surface area contributed by atoms with Crippen molar-refractivity contribution >= 4 is 34.8 Å². The normalized spacial score (nSPS) is 12.7. The Kier molecular flexibility index (Phi) is 4.17. The molecule has 0 bridgehead atoms. The molecule has 1 unspecified atom stereocenters. The summed E-state index contributed by atoms with van der Waals surface area (Å²) in [4.78, 5) is 0. The Morgan fingerprint density at radius 2 is 1.83 bits per heavy atom. The Bertz CT molecular complexity index is 529. The van der Waals surface area contributed by atoms with Crippen LogP contribution >= 0.6 is 34.8 Å². The van der Waals surface area contributed by atoms with Gasteiger partial charge in [-0.1, -0.05) is 40.9 Å². The number of hydrogen-bond acceptors (Lipinski definition) is 2. The summed E-state index contributed by atoms with van der Waals surface area (Å²) in [5.41, 5.74) is 1.25. The molecule has 0 radical (unpaired) electrons. The molecule has 0 amide bonds. The quantitative estimate of drug-likeness (QED) is 0.940. The minimum absolute atomic E-state index is 0.289. The highest BCUT2D eigenvalue weighted by Crippen LogP contribution is 2.31. The van der Waals surface area contributed by atoms with Crippen molar-refractivity contribution in [2.24, 2.45) is 7.05 Å².